The average molecular weight is 123 g/mol. The fraction of sp³-hybridized carbons (Fsp3) is 0. The number of aromatic nitrogens is 1. The van der Waals surface area contributed by atoms with Gasteiger partial charge in [-0.15, -0.1) is 0 Å². The van der Waals surface area contributed by atoms with Crippen LogP contribution in [0.1, 0.15) is 5.56 Å². The minimum atomic E-state index is 0.509. The smallest absolute Gasteiger partial charge is 0.0872 e. The zero-order valence-electron chi connectivity index (χ0n) is 4.79. The van der Waals surface area contributed by atoms with Crippen LogP contribution in [0.2, 0.25) is 0 Å². The Morgan fingerprint density at radius 1 is 1.33 bits per heavy atom. The lowest BCUT2D eigenvalue weighted by molar-refractivity contribution is 0.727. The molecule has 0 aromatic carbocycles. The minimum absolute atomic E-state index is 0.509. The van der Waals surface area contributed by atoms with Gasteiger partial charge in [0.2, 0.25) is 0 Å². The van der Waals surface area contributed by atoms with Gasteiger partial charge in [-0.3, -0.25) is 4.98 Å². The predicted octanol–water partition coefficient (Wildman–Crippen LogP) is 2.02. The van der Waals surface area contributed by atoms with Crippen LogP contribution in [0.4, 0.5) is 4.39 Å². The summed E-state index contributed by atoms with van der Waals surface area (Å²) in [6.45, 7) is 0. The molecule has 1 rings (SSSR count). The zero-order chi connectivity index (χ0) is 6.53. The third kappa shape index (κ3) is 1.64. The standard InChI is InChI=1S/C7H6FN/c8-4-1-7-2-5-9-6-3-7/h1-6H/b4-1+. The monoisotopic (exact) mass is 123 g/mol. The number of hydrogen-bond donors (Lipinski definition) is 0. The van der Waals surface area contributed by atoms with Crippen LogP contribution in [0.5, 0.6) is 0 Å². The Morgan fingerprint density at radius 2 is 2.00 bits per heavy atom. The molecule has 0 unspecified atom stereocenters. The van der Waals surface area contributed by atoms with Gasteiger partial charge in [0.15, 0.2) is 0 Å². The van der Waals surface area contributed by atoms with Crippen molar-refractivity contribution in [3.63, 3.8) is 0 Å². The van der Waals surface area contributed by atoms with E-state index in [0.717, 1.165) is 5.56 Å². The first-order chi connectivity index (χ1) is 4.43. The van der Waals surface area contributed by atoms with Gasteiger partial charge in [0.1, 0.15) is 0 Å². The predicted molar refractivity (Wildman–Crippen MR) is 34.4 cm³/mol. The third-order valence-electron chi connectivity index (χ3n) is 0.962. The molecule has 46 valence electrons. The highest BCUT2D eigenvalue weighted by Gasteiger charge is 1.79. The van der Waals surface area contributed by atoms with Crippen LogP contribution in [0.25, 0.3) is 6.08 Å². The third-order valence-corrected chi connectivity index (χ3v) is 0.962. The highest BCUT2D eigenvalue weighted by Crippen LogP contribution is 1.97. The molecule has 0 bridgehead atoms. The first kappa shape index (κ1) is 5.95. The fourth-order valence-electron chi connectivity index (χ4n) is 0.547. The van der Waals surface area contributed by atoms with Gasteiger partial charge in [-0.05, 0) is 23.8 Å². The molecule has 0 saturated heterocycles. The Kier molecular flexibility index (Phi) is 1.96. The molecule has 1 aromatic heterocycles. The van der Waals surface area contributed by atoms with Gasteiger partial charge < -0.3 is 0 Å². The molecule has 0 spiro atoms. The van der Waals surface area contributed by atoms with Crippen molar-refractivity contribution in [2.24, 2.45) is 0 Å². The molecule has 0 N–H and O–H groups in total. The van der Waals surface area contributed by atoms with Gasteiger partial charge >= 0.3 is 0 Å². The maximum absolute atomic E-state index is 11.5. The van der Waals surface area contributed by atoms with Gasteiger partial charge in [-0.1, -0.05) is 0 Å². The molecule has 2 heteroatoms. The van der Waals surface area contributed by atoms with Gasteiger partial charge in [0, 0.05) is 12.4 Å². The highest BCUT2D eigenvalue weighted by atomic mass is 19.1. The second kappa shape index (κ2) is 2.97. The molecule has 0 aliphatic carbocycles. The summed E-state index contributed by atoms with van der Waals surface area (Å²) in [5, 5.41) is 0. The number of halogens is 1. The van der Waals surface area contributed by atoms with E-state index >= 15 is 0 Å². The van der Waals surface area contributed by atoms with Crippen molar-refractivity contribution >= 4 is 6.08 Å². The molecular formula is C7H6FN. The van der Waals surface area contributed by atoms with Crippen molar-refractivity contribution in [1.82, 2.24) is 4.98 Å². The molecule has 1 aromatic rings. The van der Waals surface area contributed by atoms with Crippen molar-refractivity contribution < 1.29 is 4.39 Å². The lowest BCUT2D eigenvalue weighted by atomic mass is 10.3. The summed E-state index contributed by atoms with van der Waals surface area (Å²) in [6.07, 6.45) is 5.13. The normalized spacial score (nSPS) is 10.3. The van der Waals surface area contributed by atoms with Gasteiger partial charge in [-0.2, -0.15) is 0 Å². The van der Waals surface area contributed by atoms with E-state index in [1.807, 2.05) is 0 Å². The topological polar surface area (TPSA) is 12.9 Å². The van der Waals surface area contributed by atoms with E-state index in [1.165, 1.54) is 6.08 Å². The van der Waals surface area contributed by atoms with Crippen molar-refractivity contribution in [1.29, 1.82) is 0 Å². The highest BCUT2D eigenvalue weighted by molar-refractivity contribution is 5.46. The zero-order valence-corrected chi connectivity index (χ0v) is 4.79. The van der Waals surface area contributed by atoms with Crippen molar-refractivity contribution in [2.45, 2.75) is 0 Å². The Hall–Kier alpha value is -1.18. The second-order valence-electron chi connectivity index (χ2n) is 1.57. The first-order valence-corrected chi connectivity index (χ1v) is 2.60. The van der Waals surface area contributed by atoms with Gasteiger partial charge in [-0.25, -0.2) is 4.39 Å². The average Bonchev–Trinajstić information content (AvgIpc) is 1.91. The summed E-state index contributed by atoms with van der Waals surface area (Å²) >= 11 is 0. The minimum Gasteiger partial charge on any atom is -0.265 e. The van der Waals surface area contributed by atoms with Crippen molar-refractivity contribution in [3.05, 3.63) is 36.4 Å². The van der Waals surface area contributed by atoms with E-state index in [9.17, 15) is 4.39 Å². The lowest BCUT2D eigenvalue weighted by Gasteiger charge is -1.85. The van der Waals surface area contributed by atoms with E-state index < -0.39 is 0 Å². The molecule has 0 aliphatic heterocycles. The molecule has 9 heavy (non-hydrogen) atoms. The van der Waals surface area contributed by atoms with E-state index in [2.05, 4.69) is 4.98 Å². The van der Waals surface area contributed by atoms with Crippen LogP contribution in [-0.4, -0.2) is 4.98 Å². The first-order valence-electron chi connectivity index (χ1n) is 2.60. The van der Waals surface area contributed by atoms with Crippen LogP contribution in [0, 0.1) is 0 Å². The van der Waals surface area contributed by atoms with Gasteiger partial charge in [0.25, 0.3) is 0 Å². The van der Waals surface area contributed by atoms with Gasteiger partial charge in [0.05, 0.1) is 6.33 Å². The molecule has 0 saturated carbocycles. The molecule has 1 nitrogen and oxygen atoms in total. The molecular weight excluding hydrogens is 117 g/mol. The Bertz CT molecular complexity index is 193. The molecule has 0 atom stereocenters. The van der Waals surface area contributed by atoms with Crippen LogP contribution in [0.15, 0.2) is 30.9 Å². The lowest BCUT2D eigenvalue weighted by Crippen LogP contribution is -1.70. The number of rotatable bonds is 1. The molecule has 0 fully saturated rings. The second-order valence-corrected chi connectivity index (χ2v) is 1.57. The SMILES string of the molecule is F/C=C/c1ccncc1. The Morgan fingerprint density at radius 3 is 2.56 bits per heavy atom. The summed E-state index contributed by atoms with van der Waals surface area (Å²) in [5.74, 6) is 0. The Balaban J connectivity index is 2.85. The summed E-state index contributed by atoms with van der Waals surface area (Å²) in [6, 6.07) is 3.46. The van der Waals surface area contributed by atoms with E-state index in [4.69, 9.17) is 0 Å². The number of pyridine rings is 1. The van der Waals surface area contributed by atoms with E-state index in [0.29, 0.717) is 6.33 Å². The Labute approximate surface area is 52.9 Å². The molecule has 0 aliphatic rings. The van der Waals surface area contributed by atoms with Crippen LogP contribution < -0.4 is 0 Å². The quantitative estimate of drug-likeness (QED) is 0.556. The van der Waals surface area contributed by atoms with Crippen LogP contribution >= 0.6 is 0 Å². The summed E-state index contributed by atoms with van der Waals surface area (Å²) in [4.78, 5) is 3.77. The van der Waals surface area contributed by atoms with Crippen LogP contribution in [-0.2, 0) is 0 Å². The summed E-state index contributed by atoms with van der Waals surface area (Å²) in [5.41, 5.74) is 0.826. The number of hydrogen-bond acceptors (Lipinski definition) is 1. The fourth-order valence-corrected chi connectivity index (χ4v) is 0.547. The largest absolute Gasteiger partial charge is 0.265 e. The van der Waals surface area contributed by atoms with Crippen LogP contribution in [0.3, 0.4) is 0 Å². The summed E-state index contributed by atoms with van der Waals surface area (Å²) in [7, 11) is 0. The van der Waals surface area contributed by atoms with Crippen molar-refractivity contribution in [3.8, 4) is 0 Å². The molecule has 0 radical (unpaired) electrons. The molecule has 1 heterocycles. The van der Waals surface area contributed by atoms with E-state index in [-0.39, 0.29) is 0 Å². The molecule has 0 amide bonds. The van der Waals surface area contributed by atoms with E-state index in [1.54, 1.807) is 24.5 Å². The summed E-state index contributed by atoms with van der Waals surface area (Å²) < 4.78 is 11.5. The maximum atomic E-state index is 11.5. The maximum Gasteiger partial charge on any atom is 0.0872 e. The number of nitrogens with zero attached hydrogens (tertiary/aromatic N) is 1. The van der Waals surface area contributed by atoms with Crippen molar-refractivity contribution in [2.75, 3.05) is 0 Å².